The number of benzene rings is 1. The number of likely N-dealkylation sites (tertiary alicyclic amines) is 1. The molecule has 1 aliphatic heterocycles. The maximum absolute atomic E-state index is 12.1. The van der Waals surface area contributed by atoms with Crippen LogP contribution in [0.2, 0.25) is 0 Å². The van der Waals surface area contributed by atoms with Crippen LogP contribution >= 0.6 is 11.8 Å². The minimum Gasteiger partial charge on any atom is -0.388 e. The Morgan fingerprint density at radius 2 is 2.11 bits per heavy atom. The molecule has 4 heteroatoms. The van der Waals surface area contributed by atoms with Crippen molar-refractivity contribution >= 4 is 17.7 Å². The van der Waals surface area contributed by atoms with E-state index in [0.29, 0.717) is 12.3 Å². The number of carbonyl (C=O) groups is 1. The van der Waals surface area contributed by atoms with Gasteiger partial charge in [0, 0.05) is 18.0 Å². The first-order chi connectivity index (χ1) is 8.96. The lowest BCUT2D eigenvalue weighted by Crippen LogP contribution is -2.49. The first kappa shape index (κ1) is 14.4. The average molecular weight is 279 g/mol. The van der Waals surface area contributed by atoms with Gasteiger partial charge in [0.1, 0.15) is 0 Å². The van der Waals surface area contributed by atoms with Crippen LogP contribution in [0.1, 0.15) is 25.3 Å². The van der Waals surface area contributed by atoms with Crippen LogP contribution in [0.25, 0.3) is 0 Å². The first-order valence-corrected chi connectivity index (χ1v) is 7.64. The number of thioether (sulfide) groups is 1. The molecule has 1 unspecified atom stereocenters. The van der Waals surface area contributed by atoms with Crippen molar-refractivity contribution in [3.05, 3.63) is 29.8 Å². The van der Waals surface area contributed by atoms with Crippen molar-refractivity contribution in [2.45, 2.75) is 37.2 Å². The van der Waals surface area contributed by atoms with E-state index in [4.69, 9.17) is 0 Å². The normalized spacial score (nSPS) is 23.4. The average Bonchev–Trinajstić information content (AvgIpc) is 2.36. The minimum atomic E-state index is -0.720. The van der Waals surface area contributed by atoms with Crippen molar-refractivity contribution in [2.75, 3.05) is 18.8 Å². The highest BCUT2D eigenvalue weighted by Crippen LogP contribution is 2.23. The smallest absolute Gasteiger partial charge is 0.233 e. The molecule has 19 heavy (non-hydrogen) atoms. The van der Waals surface area contributed by atoms with E-state index in [-0.39, 0.29) is 5.91 Å². The van der Waals surface area contributed by atoms with Gasteiger partial charge in [0.2, 0.25) is 5.91 Å². The van der Waals surface area contributed by atoms with Gasteiger partial charge in [-0.15, -0.1) is 11.8 Å². The van der Waals surface area contributed by atoms with Crippen LogP contribution in [0.15, 0.2) is 29.2 Å². The summed E-state index contributed by atoms with van der Waals surface area (Å²) in [6.45, 7) is 5.08. The van der Waals surface area contributed by atoms with Crippen molar-refractivity contribution in [2.24, 2.45) is 0 Å². The molecule has 104 valence electrons. The molecule has 0 radical (unpaired) electrons. The Labute approximate surface area is 119 Å². The van der Waals surface area contributed by atoms with Gasteiger partial charge in [0.25, 0.3) is 0 Å². The van der Waals surface area contributed by atoms with Gasteiger partial charge in [0.15, 0.2) is 0 Å². The molecular formula is C15H21NO2S. The number of carbonyl (C=O) groups excluding carboxylic acids is 1. The molecule has 0 bridgehead atoms. The molecule has 0 aliphatic carbocycles. The van der Waals surface area contributed by atoms with E-state index in [0.717, 1.165) is 24.3 Å². The lowest BCUT2D eigenvalue weighted by Gasteiger charge is -2.36. The van der Waals surface area contributed by atoms with E-state index in [2.05, 4.69) is 19.1 Å². The van der Waals surface area contributed by atoms with Crippen LogP contribution in [0.5, 0.6) is 0 Å². The molecule has 3 nitrogen and oxygen atoms in total. The third kappa shape index (κ3) is 4.25. The first-order valence-electron chi connectivity index (χ1n) is 6.66. The Morgan fingerprint density at radius 1 is 1.42 bits per heavy atom. The molecule has 2 rings (SSSR count). The highest BCUT2D eigenvalue weighted by Gasteiger charge is 2.30. The van der Waals surface area contributed by atoms with Crippen LogP contribution in [0.4, 0.5) is 0 Å². The molecule has 1 N–H and O–H groups in total. The van der Waals surface area contributed by atoms with E-state index in [1.807, 2.05) is 12.1 Å². The largest absolute Gasteiger partial charge is 0.388 e. The molecule has 1 heterocycles. The quantitative estimate of drug-likeness (QED) is 0.864. The molecule has 1 saturated heterocycles. The summed E-state index contributed by atoms with van der Waals surface area (Å²) in [5, 5.41) is 10.0. The fourth-order valence-corrected chi connectivity index (χ4v) is 3.11. The zero-order valence-electron chi connectivity index (χ0n) is 11.6. The SMILES string of the molecule is Cc1ccc(SCC(=O)N2CCCC(C)(O)C2)cc1. The third-order valence-electron chi connectivity index (χ3n) is 3.41. The highest BCUT2D eigenvalue weighted by molar-refractivity contribution is 8.00. The molecule has 1 amide bonds. The fraction of sp³-hybridized carbons (Fsp3) is 0.533. The number of aryl methyl sites for hydroxylation is 1. The summed E-state index contributed by atoms with van der Waals surface area (Å²) in [7, 11) is 0. The predicted octanol–water partition coefficient (Wildman–Crippen LogP) is 2.46. The minimum absolute atomic E-state index is 0.116. The fourth-order valence-electron chi connectivity index (χ4n) is 2.30. The number of β-amino-alcohol motifs (C(OH)–C–C–N with tert-alkyl or cyclic N) is 1. The maximum atomic E-state index is 12.1. The topological polar surface area (TPSA) is 40.5 Å². The van der Waals surface area contributed by atoms with Gasteiger partial charge in [-0.2, -0.15) is 0 Å². The number of rotatable bonds is 3. The Bertz CT molecular complexity index is 442. The molecule has 0 aromatic heterocycles. The highest BCUT2D eigenvalue weighted by atomic mass is 32.2. The van der Waals surface area contributed by atoms with Gasteiger partial charge >= 0.3 is 0 Å². The van der Waals surface area contributed by atoms with Gasteiger partial charge in [-0.05, 0) is 38.8 Å². The van der Waals surface area contributed by atoms with E-state index in [1.54, 1.807) is 23.6 Å². The van der Waals surface area contributed by atoms with Gasteiger partial charge in [-0.1, -0.05) is 17.7 Å². The van der Waals surface area contributed by atoms with E-state index in [1.165, 1.54) is 5.56 Å². The number of amides is 1. The van der Waals surface area contributed by atoms with Gasteiger partial charge in [-0.25, -0.2) is 0 Å². The summed E-state index contributed by atoms with van der Waals surface area (Å²) in [6, 6.07) is 8.19. The molecule has 1 aliphatic rings. The third-order valence-corrected chi connectivity index (χ3v) is 4.41. The Hall–Kier alpha value is -1.00. The molecule has 1 atom stereocenters. The van der Waals surface area contributed by atoms with Crippen molar-refractivity contribution in [1.29, 1.82) is 0 Å². The van der Waals surface area contributed by atoms with Crippen LogP contribution < -0.4 is 0 Å². The van der Waals surface area contributed by atoms with Crippen molar-refractivity contribution < 1.29 is 9.90 Å². The number of aliphatic hydroxyl groups is 1. The number of hydrogen-bond acceptors (Lipinski definition) is 3. The van der Waals surface area contributed by atoms with E-state index >= 15 is 0 Å². The second-order valence-corrected chi connectivity index (χ2v) is 6.57. The van der Waals surface area contributed by atoms with E-state index < -0.39 is 5.60 Å². The zero-order valence-corrected chi connectivity index (χ0v) is 12.4. The van der Waals surface area contributed by atoms with Gasteiger partial charge in [0.05, 0.1) is 11.4 Å². The summed E-state index contributed by atoms with van der Waals surface area (Å²) in [6.07, 6.45) is 1.66. The van der Waals surface area contributed by atoms with Crippen molar-refractivity contribution in [3.63, 3.8) is 0 Å². The summed E-state index contributed by atoms with van der Waals surface area (Å²) in [5.41, 5.74) is 0.505. The molecular weight excluding hydrogens is 258 g/mol. The predicted molar refractivity (Wildman–Crippen MR) is 78.3 cm³/mol. The monoisotopic (exact) mass is 279 g/mol. The number of piperidine rings is 1. The lowest BCUT2D eigenvalue weighted by molar-refractivity contribution is -0.134. The van der Waals surface area contributed by atoms with Gasteiger partial charge < -0.3 is 10.0 Å². The number of hydrogen-bond donors (Lipinski definition) is 1. The van der Waals surface area contributed by atoms with Crippen LogP contribution in [0, 0.1) is 6.92 Å². The maximum Gasteiger partial charge on any atom is 0.233 e. The van der Waals surface area contributed by atoms with Crippen molar-refractivity contribution in [1.82, 2.24) is 4.90 Å². The molecule has 0 saturated carbocycles. The molecule has 1 aromatic rings. The zero-order chi connectivity index (χ0) is 13.9. The summed E-state index contributed by atoms with van der Waals surface area (Å²) >= 11 is 1.56. The lowest BCUT2D eigenvalue weighted by atomic mass is 9.95. The van der Waals surface area contributed by atoms with E-state index in [9.17, 15) is 9.90 Å². The summed E-state index contributed by atoms with van der Waals surface area (Å²) in [5.74, 6) is 0.560. The van der Waals surface area contributed by atoms with Crippen LogP contribution in [-0.2, 0) is 4.79 Å². The second kappa shape index (κ2) is 5.97. The standard InChI is InChI=1S/C15H21NO2S/c1-12-4-6-13(7-5-12)19-10-14(17)16-9-3-8-15(2,18)11-16/h4-7,18H,3,8-11H2,1-2H3. The molecule has 0 spiro atoms. The van der Waals surface area contributed by atoms with Crippen LogP contribution in [-0.4, -0.2) is 40.4 Å². The van der Waals surface area contributed by atoms with Gasteiger partial charge in [-0.3, -0.25) is 4.79 Å². The van der Waals surface area contributed by atoms with Crippen molar-refractivity contribution in [3.8, 4) is 0 Å². The summed E-state index contributed by atoms with van der Waals surface area (Å²) < 4.78 is 0. The Morgan fingerprint density at radius 3 is 2.74 bits per heavy atom. The second-order valence-electron chi connectivity index (χ2n) is 5.52. The van der Waals surface area contributed by atoms with Crippen LogP contribution in [0.3, 0.4) is 0 Å². The molecule has 1 aromatic carbocycles. The summed E-state index contributed by atoms with van der Waals surface area (Å²) in [4.78, 5) is 15.0. The molecule has 1 fully saturated rings. The Kier molecular flexibility index (Phi) is 4.53. The Balaban J connectivity index is 1.85. The number of nitrogens with zero attached hydrogens (tertiary/aromatic N) is 1.